The van der Waals surface area contributed by atoms with Crippen LogP contribution in [0.1, 0.15) is 40.0 Å². The van der Waals surface area contributed by atoms with E-state index in [2.05, 4.69) is 31.8 Å². The Balaban J connectivity index is 3.67. The zero-order chi connectivity index (χ0) is 10.9. The first-order chi connectivity index (χ1) is 6.74. The van der Waals surface area contributed by atoms with Crippen molar-refractivity contribution in [2.75, 3.05) is 6.54 Å². The van der Waals surface area contributed by atoms with Crippen molar-refractivity contribution < 1.29 is 0 Å². The van der Waals surface area contributed by atoms with Gasteiger partial charge in [0.1, 0.15) is 8.24 Å². The Bertz CT molecular complexity index is 162. The minimum Gasteiger partial charge on any atom is -0.337 e. The van der Waals surface area contributed by atoms with Crippen molar-refractivity contribution in [3.63, 3.8) is 0 Å². The molecule has 0 amide bonds. The summed E-state index contributed by atoms with van der Waals surface area (Å²) in [6.45, 7) is 8.04. The molecule has 0 atom stereocenters. The van der Waals surface area contributed by atoms with Crippen molar-refractivity contribution in [2.24, 2.45) is 0 Å². The molecule has 0 unspecified atom stereocenters. The Labute approximate surface area is 89.8 Å². The van der Waals surface area contributed by atoms with Crippen LogP contribution in [0.25, 0.3) is 0 Å². The van der Waals surface area contributed by atoms with E-state index in [1.165, 1.54) is 18.1 Å². The van der Waals surface area contributed by atoms with Gasteiger partial charge < -0.3 is 4.98 Å². The highest BCUT2D eigenvalue weighted by Crippen LogP contribution is 2.16. The summed E-state index contributed by atoms with van der Waals surface area (Å²) in [6.07, 6.45) is 2.91. The van der Waals surface area contributed by atoms with Gasteiger partial charge in [-0.05, 0) is 37.5 Å². The first-order valence-corrected chi connectivity index (χ1v) is 8.48. The van der Waals surface area contributed by atoms with Gasteiger partial charge in [0.2, 0.25) is 0 Å². The van der Waals surface area contributed by atoms with Crippen LogP contribution in [0.2, 0.25) is 18.1 Å². The lowest BCUT2D eigenvalue weighted by Gasteiger charge is -2.29. The average molecular weight is 212 g/mol. The molecule has 0 aromatic heterocycles. The molecule has 82 valence electrons. The summed E-state index contributed by atoms with van der Waals surface area (Å²) in [5.74, 6) is 0. The van der Waals surface area contributed by atoms with Crippen molar-refractivity contribution in [2.45, 2.75) is 58.2 Å². The molecule has 0 radical (unpaired) electrons. The summed E-state index contributed by atoms with van der Waals surface area (Å²) in [6, 6.07) is 6.19. The molecule has 0 aliphatic carbocycles. The highest BCUT2D eigenvalue weighted by Gasteiger charge is 2.25. The molecular weight excluding hydrogens is 188 g/mol. The van der Waals surface area contributed by atoms with E-state index in [4.69, 9.17) is 5.26 Å². The molecule has 0 aliphatic rings. The predicted octanol–water partition coefficient (Wildman–Crippen LogP) is 3.28. The number of hydrogen-bond acceptors (Lipinski definition) is 2. The fourth-order valence-corrected chi connectivity index (χ4v) is 4.76. The summed E-state index contributed by atoms with van der Waals surface area (Å²) in [5.41, 5.74) is 0. The van der Waals surface area contributed by atoms with Crippen LogP contribution < -0.4 is 4.98 Å². The number of nitriles is 1. The van der Waals surface area contributed by atoms with Crippen LogP contribution in [0.5, 0.6) is 0 Å². The molecule has 0 spiro atoms. The summed E-state index contributed by atoms with van der Waals surface area (Å²) in [7, 11) is -1.11. The first kappa shape index (κ1) is 13.7. The lowest BCUT2D eigenvalue weighted by atomic mass is 10.2. The van der Waals surface area contributed by atoms with E-state index in [-0.39, 0.29) is 0 Å². The second kappa shape index (κ2) is 8.02. The van der Waals surface area contributed by atoms with Gasteiger partial charge in [0.25, 0.3) is 0 Å². The van der Waals surface area contributed by atoms with E-state index < -0.39 is 8.24 Å². The highest BCUT2D eigenvalue weighted by molar-refractivity contribution is 6.77. The molecule has 0 rings (SSSR count). The second-order valence-electron chi connectivity index (χ2n) is 3.88. The van der Waals surface area contributed by atoms with Crippen LogP contribution in [-0.2, 0) is 0 Å². The topological polar surface area (TPSA) is 35.8 Å². The summed E-state index contributed by atoms with van der Waals surface area (Å²) < 4.78 is 0. The molecule has 0 aromatic carbocycles. The van der Waals surface area contributed by atoms with Gasteiger partial charge in [0, 0.05) is 6.42 Å². The van der Waals surface area contributed by atoms with Gasteiger partial charge >= 0.3 is 0 Å². The van der Waals surface area contributed by atoms with Crippen LogP contribution >= 0.6 is 0 Å². The van der Waals surface area contributed by atoms with E-state index in [0.717, 1.165) is 19.4 Å². The minimum absolute atomic E-state index is 0.709. The standard InChI is InChI=1S/C11H24N2Si/c1-4-14(5-2,6-3)13-11-9-7-8-10-12/h13H,4-9,11H2,1-3H3. The average Bonchev–Trinajstić information content (AvgIpc) is 2.24. The lowest BCUT2D eigenvalue weighted by Crippen LogP contribution is -2.49. The summed E-state index contributed by atoms with van der Waals surface area (Å²) in [4.78, 5) is 3.77. The minimum atomic E-state index is -1.11. The number of unbranched alkanes of at least 4 members (excludes halogenated alkanes) is 2. The van der Waals surface area contributed by atoms with E-state index in [1.54, 1.807) is 0 Å². The van der Waals surface area contributed by atoms with E-state index in [0.29, 0.717) is 6.42 Å². The van der Waals surface area contributed by atoms with Crippen LogP contribution in [0.15, 0.2) is 0 Å². The molecule has 0 heterocycles. The third-order valence-corrected chi connectivity index (χ3v) is 8.31. The fraction of sp³-hybridized carbons (Fsp3) is 0.909. The maximum Gasteiger partial charge on any atom is 0.124 e. The van der Waals surface area contributed by atoms with Crippen LogP contribution in [0.4, 0.5) is 0 Å². The van der Waals surface area contributed by atoms with Crippen molar-refractivity contribution in [1.82, 2.24) is 4.98 Å². The smallest absolute Gasteiger partial charge is 0.124 e. The molecule has 0 saturated carbocycles. The van der Waals surface area contributed by atoms with Crippen molar-refractivity contribution in [3.05, 3.63) is 0 Å². The highest BCUT2D eigenvalue weighted by atomic mass is 28.3. The molecule has 1 N–H and O–H groups in total. The van der Waals surface area contributed by atoms with Crippen LogP contribution in [0, 0.1) is 11.3 Å². The van der Waals surface area contributed by atoms with E-state index >= 15 is 0 Å². The maximum absolute atomic E-state index is 8.40. The maximum atomic E-state index is 8.40. The molecule has 0 aromatic rings. The summed E-state index contributed by atoms with van der Waals surface area (Å²) >= 11 is 0. The third kappa shape index (κ3) is 4.78. The van der Waals surface area contributed by atoms with Gasteiger partial charge in [-0.1, -0.05) is 20.8 Å². The Morgan fingerprint density at radius 3 is 2.07 bits per heavy atom. The molecule has 0 saturated heterocycles. The van der Waals surface area contributed by atoms with Crippen molar-refractivity contribution >= 4 is 8.24 Å². The third-order valence-electron chi connectivity index (χ3n) is 3.25. The number of nitrogens with one attached hydrogen (secondary N) is 1. The van der Waals surface area contributed by atoms with Crippen molar-refractivity contribution in [3.8, 4) is 6.07 Å². The molecule has 0 fully saturated rings. The monoisotopic (exact) mass is 212 g/mol. The Hall–Kier alpha value is -0.333. The normalized spacial score (nSPS) is 11.3. The fourth-order valence-electron chi connectivity index (χ4n) is 1.81. The van der Waals surface area contributed by atoms with Crippen molar-refractivity contribution in [1.29, 1.82) is 5.26 Å². The zero-order valence-electron chi connectivity index (χ0n) is 9.90. The van der Waals surface area contributed by atoms with Crippen LogP contribution in [-0.4, -0.2) is 14.8 Å². The largest absolute Gasteiger partial charge is 0.337 e. The summed E-state index contributed by atoms with van der Waals surface area (Å²) in [5, 5.41) is 8.40. The number of rotatable bonds is 8. The predicted molar refractivity (Wildman–Crippen MR) is 64.7 cm³/mol. The van der Waals surface area contributed by atoms with Gasteiger partial charge in [-0.2, -0.15) is 5.26 Å². The van der Waals surface area contributed by atoms with Gasteiger partial charge in [0.15, 0.2) is 0 Å². The Morgan fingerprint density at radius 1 is 1.07 bits per heavy atom. The lowest BCUT2D eigenvalue weighted by molar-refractivity contribution is 0.715. The number of nitrogens with zero attached hydrogens (tertiary/aromatic N) is 1. The molecule has 3 heteroatoms. The second-order valence-corrected chi connectivity index (χ2v) is 8.92. The van der Waals surface area contributed by atoms with Gasteiger partial charge in [-0.3, -0.25) is 0 Å². The SMILES string of the molecule is CC[Si](CC)(CC)NCCCCC#N. The quantitative estimate of drug-likeness (QED) is 0.495. The van der Waals surface area contributed by atoms with Gasteiger partial charge in [-0.25, -0.2) is 0 Å². The van der Waals surface area contributed by atoms with E-state index in [9.17, 15) is 0 Å². The van der Waals surface area contributed by atoms with Gasteiger partial charge in [0.05, 0.1) is 6.07 Å². The molecular formula is C11H24N2Si. The molecule has 2 nitrogen and oxygen atoms in total. The molecule has 14 heavy (non-hydrogen) atoms. The zero-order valence-corrected chi connectivity index (χ0v) is 10.9. The molecule has 0 bridgehead atoms. The van der Waals surface area contributed by atoms with E-state index in [1.807, 2.05) is 0 Å². The number of hydrogen-bond donors (Lipinski definition) is 1. The Kier molecular flexibility index (Phi) is 7.82. The Morgan fingerprint density at radius 2 is 1.64 bits per heavy atom. The van der Waals surface area contributed by atoms with Crippen LogP contribution in [0.3, 0.4) is 0 Å². The molecule has 0 aliphatic heterocycles. The van der Waals surface area contributed by atoms with Gasteiger partial charge in [-0.15, -0.1) is 0 Å². The first-order valence-electron chi connectivity index (χ1n) is 5.86.